The van der Waals surface area contributed by atoms with Gasteiger partial charge >= 0.3 is 12.0 Å². The third kappa shape index (κ3) is 2.58. The number of carboxylic acids is 1. The van der Waals surface area contributed by atoms with Gasteiger partial charge < -0.3 is 10.0 Å². The molecule has 1 aliphatic heterocycles. The quantitative estimate of drug-likeness (QED) is 0.860. The normalized spacial score (nSPS) is 18.9. The highest BCUT2D eigenvalue weighted by molar-refractivity contribution is 7.15. The molecule has 0 radical (unpaired) electrons. The minimum atomic E-state index is -0.964. The van der Waals surface area contributed by atoms with Crippen LogP contribution < -0.4 is 5.32 Å². The highest BCUT2D eigenvalue weighted by Gasteiger charge is 2.34. The Morgan fingerprint density at radius 3 is 2.94 bits per heavy atom. The number of urea groups is 1. The molecule has 7 nitrogen and oxygen atoms in total. The van der Waals surface area contributed by atoms with Crippen LogP contribution in [0.15, 0.2) is 0 Å². The molecule has 0 saturated carbocycles. The smallest absolute Gasteiger partial charge is 0.326 e. The molecular weight excluding hydrogens is 256 g/mol. The van der Waals surface area contributed by atoms with E-state index < -0.39 is 18.0 Å². The molecule has 0 spiro atoms. The van der Waals surface area contributed by atoms with Crippen molar-refractivity contribution in [2.45, 2.75) is 32.2 Å². The van der Waals surface area contributed by atoms with Crippen molar-refractivity contribution in [3.05, 3.63) is 5.01 Å². The second-order valence-corrected chi connectivity index (χ2v) is 5.04. The topological polar surface area (TPSA) is 95.4 Å². The number of carbonyl (C=O) groups is 2. The molecule has 0 unspecified atom stereocenters. The molecule has 1 atom stereocenters. The molecule has 1 aliphatic rings. The monoisotopic (exact) mass is 270 g/mol. The van der Waals surface area contributed by atoms with Crippen LogP contribution in [0.25, 0.3) is 0 Å². The zero-order valence-electron chi connectivity index (χ0n) is 9.92. The number of aryl methyl sites for hydroxylation is 1. The van der Waals surface area contributed by atoms with Crippen molar-refractivity contribution in [3.63, 3.8) is 0 Å². The molecule has 1 saturated heterocycles. The van der Waals surface area contributed by atoms with Gasteiger partial charge in [0.05, 0.1) is 0 Å². The first-order valence-corrected chi connectivity index (χ1v) is 6.56. The number of aliphatic carboxylic acids is 1. The van der Waals surface area contributed by atoms with Crippen LogP contribution in [0.5, 0.6) is 0 Å². The van der Waals surface area contributed by atoms with Gasteiger partial charge in [-0.1, -0.05) is 18.3 Å². The van der Waals surface area contributed by atoms with E-state index in [4.69, 9.17) is 5.11 Å². The van der Waals surface area contributed by atoms with Gasteiger partial charge in [0.25, 0.3) is 0 Å². The number of carboxylic acid groups (broad SMARTS) is 1. The van der Waals surface area contributed by atoms with E-state index in [-0.39, 0.29) is 0 Å². The van der Waals surface area contributed by atoms with Crippen molar-refractivity contribution < 1.29 is 14.7 Å². The summed E-state index contributed by atoms with van der Waals surface area (Å²) in [5, 5.41) is 20.5. The number of carbonyl (C=O) groups excluding carboxylic acids is 1. The van der Waals surface area contributed by atoms with Gasteiger partial charge in [0.1, 0.15) is 11.0 Å². The Kier molecular flexibility index (Phi) is 3.75. The van der Waals surface area contributed by atoms with E-state index in [0.29, 0.717) is 24.5 Å². The number of rotatable bonds is 3. The van der Waals surface area contributed by atoms with Crippen LogP contribution in [0.1, 0.15) is 24.8 Å². The van der Waals surface area contributed by atoms with Crippen LogP contribution in [-0.4, -0.2) is 44.8 Å². The van der Waals surface area contributed by atoms with Gasteiger partial charge in [0.2, 0.25) is 5.13 Å². The lowest BCUT2D eigenvalue weighted by atomic mass is 10.2. The molecule has 2 N–H and O–H groups in total. The number of hydrogen-bond acceptors (Lipinski definition) is 5. The van der Waals surface area contributed by atoms with E-state index in [2.05, 4.69) is 15.5 Å². The number of aromatic nitrogens is 2. The fraction of sp³-hybridized carbons (Fsp3) is 0.600. The Morgan fingerprint density at radius 2 is 2.33 bits per heavy atom. The fourth-order valence-electron chi connectivity index (χ4n) is 1.88. The molecule has 2 amide bonds. The summed E-state index contributed by atoms with van der Waals surface area (Å²) in [6, 6.07) is -1.15. The van der Waals surface area contributed by atoms with Crippen molar-refractivity contribution in [2.24, 2.45) is 0 Å². The second-order valence-electron chi connectivity index (χ2n) is 3.97. The molecule has 1 aromatic heterocycles. The molecule has 2 rings (SSSR count). The van der Waals surface area contributed by atoms with Crippen molar-refractivity contribution in [3.8, 4) is 0 Å². The molecular formula is C10H14N4O3S. The van der Waals surface area contributed by atoms with Crippen LogP contribution in [-0.2, 0) is 11.2 Å². The van der Waals surface area contributed by atoms with E-state index in [9.17, 15) is 9.59 Å². The first kappa shape index (κ1) is 12.7. The van der Waals surface area contributed by atoms with Gasteiger partial charge in [-0.05, 0) is 19.3 Å². The summed E-state index contributed by atoms with van der Waals surface area (Å²) in [6.07, 6.45) is 1.97. The number of anilines is 1. The number of likely N-dealkylation sites (tertiary alicyclic amines) is 1. The van der Waals surface area contributed by atoms with Gasteiger partial charge in [-0.2, -0.15) is 0 Å². The van der Waals surface area contributed by atoms with Crippen LogP contribution >= 0.6 is 11.3 Å². The summed E-state index contributed by atoms with van der Waals surface area (Å²) in [4.78, 5) is 24.2. The zero-order chi connectivity index (χ0) is 13.1. The lowest BCUT2D eigenvalue weighted by molar-refractivity contribution is -0.141. The average molecular weight is 270 g/mol. The van der Waals surface area contributed by atoms with E-state index >= 15 is 0 Å². The summed E-state index contributed by atoms with van der Waals surface area (Å²) in [5.74, 6) is -0.964. The average Bonchev–Trinajstić information content (AvgIpc) is 2.96. The first-order valence-electron chi connectivity index (χ1n) is 5.74. The fourth-order valence-corrected chi connectivity index (χ4v) is 2.55. The van der Waals surface area contributed by atoms with Crippen molar-refractivity contribution in [1.82, 2.24) is 15.1 Å². The van der Waals surface area contributed by atoms with Crippen molar-refractivity contribution in [1.29, 1.82) is 0 Å². The van der Waals surface area contributed by atoms with Crippen molar-refractivity contribution in [2.75, 3.05) is 11.9 Å². The summed E-state index contributed by atoms with van der Waals surface area (Å²) < 4.78 is 0. The Hall–Kier alpha value is -1.70. The highest BCUT2D eigenvalue weighted by atomic mass is 32.1. The number of amides is 2. The maximum Gasteiger partial charge on any atom is 0.326 e. The molecule has 2 heterocycles. The molecule has 0 aromatic carbocycles. The molecule has 18 heavy (non-hydrogen) atoms. The predicted molar refractivity (Wildman–Crippen MR) is 65.7 cm³/mol. The zero-order valence-corrected chi connectivity index (χ0v) is 10.7. The van der Waals surface area contributed by atoms with Crippen molar-refractivity contribution >= 4 is 28.5 Å². The lowest BCUT2D eigenvalue weighted by Crippen LogP contribution is -2.42. The molecule has 1 aromatic rings. The van der Waals surface area contributed by atoms with Gasteiger partial charge in [0, 0.05) is 6.54 Å². The maximum atomic E-state index is 11.9. The Labute approximate surface area is 108 Å². The predicted octanol–water partition coefficient (Wildman–Crippen LogP) is 1.18. The van der Waals surface area contributed by atoms with Crippen LogP contribution in [0, 0.1) is 0 Å². The SMILES string of the molecule is CCc1nnc(NC(=O)N2CCC[C@H]2C(=O)O)s1. The Balaban J connectivity index is 2.01. The lowest BCUT2D eigenvalue weighted by Gasteiger charge is -2.20. The summed E-state index contributed by atoms with van der Waals surface area (Å²) in [7, 11) is 0. The van der Waals surface area contributed by atoms with Gasteiger partial charge in [-0.25, -0.2) is 9.59 Å². The standard InChI is InChI=1S/C10H14N4O3S/c1-2-7-12-13-9(18-7)11-10(17)14-5-3-4-6(14)8(15)16/h6H,2-5H2,1H3,(H,15,16)(H,11,13,17)/t6-/m0/s1. The molecule has 1 fully saturated rings. The largest absolute Gasteiger partial charge is 0.480 e. The molecule has 0 aliphatic carbocycles. The maximum absolute atomic E-state index is 11.9. The Morgan fingerprint density at radius 1 is 1.56 bits per heavy atom. The van der Waals surface area contributed by atoms with Gasteiger partial charge in [0.15, 0.2) is 0 Å². The highest BCUT2D eigenvalue weighted by Crippen LogP contribution is 2.20. The van der Waals surface area contributed by atoms with Crippen LogP contribution in [0.3, 0.4) is 0 Å². The number of nitrogens with one attached hydrogen (secondary N) is 1. The molecule has 98 valence electrons. The minimum Gasteiger partial charge on any atom is -0.480 e. The third-order valence-corrected chi connectivity index (χ3v) is 3.76. The van der Waals surface area contributed by atoms with E-state index in [0.717, 1.165) is 11.4 Å². The number of nitrogens with zero attached hydrogens (tertiary/aromatic N) is 3. The minimum absolute atomic E-state index is 0.410. The third-order valence-electron chi connectivity index (χ3n) is 2.78. The summed E-state index contributed by atoms with van der Waals surface area (Å²) in [6.45, 7) is 2.41. The molecule has 0 bridgehead atoms. The first-order chi connectivity index (χ1) is 8.61. The second kappa shape index (κ2) is 5.30. The van der Waals surface area contributed by atoms with Gasteiger partial charge in [-0.3, -0.25) is 5.32 Å². The molecule has 8 heteroatoms. The van der Waals surface area contributed by atoms with Crippen LogP contribution in [0.2, 0.25) is 0 Å². The summed E-state index contributed by atoms with van der Waals surface area (Å²) >= 11 is 1.30. The van der Waals surface area contributed by atoms with E-state index in [1.165, 1.54) is 16.2 Å². The van der Waals surface area contributed by atoms with E-state index in [1.54, 1.807) is 0 Å². The Bertz CT molecular complexity index is 462. The van der Waals surface area contributed by atoms with Crippen LogP contribution in [0.4, 0.5) is 9.93 Å². The summed E-state index contributed by atoms with van der Waals surface area (Å²) in [5.41, 5.74) is 0. The van der Waals surface area contributed by atoms with Gasteiger partial charge in [-0.15, -0.1) is 10.2 Å². The van der Waals surface area contributed by atoms with E-state index in [1.807, 2.05) is 6.92 Å². The number of hydrogen-bond donors (Lipinski definition) is 2.